The first-order valence-corrected chi connectivity index (χ1v) is 8.54. The van der Waals surface area contributed by atoms with Crippen LogP contribution in [0.5, 0.6) is 5.75 Å². The van der Waals surface area contributed by atoms with Crippen molar-refractivity contribution in [2.24, 2.45) is 0 Å². The van der Waals surface area contributed by atoms with Crippen molar-refractivity contribution in [3.63, 3.8) is 0 Å². The number of rotatable bonds is 6. The van der Waals surface area contributed by atoms with Gasteiger partial charge >= 0.3 is 0 Å². The maximum atomic E-state index is 9.27. The molecule has 0 aliphatic carbocycles. The average molecular weight is 398 g/mol. The Bertz CT molecular complexity index is 870. The van der Waals surface area contributed by atoms with Gasteiger partial charge in [0.1, 0.15) is 11.8 Å². The van der Waals surface area contributed by atoms with E-state index >= 15 is 0 Å². The Balaban J connectivity index is 1.69. The van der Waals surface area contributed by atoms with Crippen molar-refractivity contribution < 1.29 is 9.15 Å². The summed E-state index contributed by atoms with van der Waals surface area (Å²) in [5, 5.41) is 12.5. The number of oxazole rings is 1. The number of nitrogens with one attached hydrogen (secondary N) is 1. The van der Waals surface area contributed by atoms with E-state index in [2.05, 4.69) is 26.2 Å². The van der Waals surface area contributed by atoms with Crippen LogP contribution in [0.2, 0.25) is 0 Å². The maximum Gasteiger partial charge on any atom is 0.236 e. The number of anilines is 1. The number of aromatic nitrogens is 1. The Kier molecular flexibility index (Phi) is 5.36. The monoisotopic (exact) mass is 397 g/mol. The van der Waals surface area contributed by atoms with Crippen LogP contribution in [0.4, 0.5) is 5.88 Å². The van der Waals surface area contributed by atoms with Crippen LogP contribution < -0.4 is 10.1 Å². The Morgan fingerprint density at radius 3 is 2.60 bits per heavy atom. The molecule has 3 aromatic rings. The zero-order chi connectivity index (χ0) is 17.6. The van der Waals surface area contributed by atoms with Gasteiger partial charge in [0.25, 0.3) is 0 Å². The predicted octanol–water partition coefficient (Wildman–Crippen LogP) is 5.06. The normalized spacial score (nSPS) is 11.6. The van der Waals surface area contributed by atoms with Gasteiger partial charge in [-0.1, -0.05) is 46.3 Å². The summed E-state index contributed by atoms with van der Waals surface area (Å²) in [4.78, 5) is 4.18. The Labute approximate surface area is 154 Å². The first kappa shape index (κ1) is 17.1. The summed E-state index contributed by atoms with van der Waals surface area (Å²) >= 11 is 3.38. The minimum Gasteiger partial charge on any atom is -0.484 e. The van der Waals surface area contributed by atoms with Gasteiger partial charge < -0.3 is 14.5 Å². The van der Waals surface area contributed by atoms with Gasteiger partial charge in [-0.15, -0.1) is 0 Å². The minimum absolute atomic E-state index is 0.0125. The Morgan fingerprint density at radius 1 is 1.20 bits per heavy atom. The van der Waals surface area contributed by atoms with Gasteiger partial charge in [0.15, 0.2) is 6.61 Å². The number of ether oxygens (including phenoxy) is 1. The highest BCUT2D eigenvalue weighted by Gasteiger charge is 2.16. The standard InChI is InChI=1S/C19H16BrN3O2/c1-13(14-5-3-2-4-6-14)22-19-17(11-21)23-18(25-19)12-24-16-9-7-15(20)8-10-16/h2-10,13,22H,12H2,1H3/t13-/m1/s1. The second kappa shape index (κ2) is 7.86. The number of hydrogen-bond acceptors (Lipinski definition) is 5. The van der Waals surface area contributed by atoms with Gasteiger partial charge in [-0.05, 0) is 36.8 Å². The molecule has 25 heavy (non-hydrogen) atoms. The lowest BCUT2D eigenvalue weighted by Gasteiger charge is -2.13. The van der Waals surface area contributed by atoms with Crippen molar-refractivity contribution in [2.75, 3.05) is 5.32 Å². The fraction of sp³-hybridized carbons (Fsp3) is 0.158. The van der Waals surface area contributed by atoms with E-state index in [1.807, 2.05) is 67.6 Å². The average Bonchev–Trinajstić information content (AvgIpc) is 3.04. The highest BCUT2D eigenvalue weighted by atomic mass is 79.9. The van der Waals surface area contributed by atoms with Crippen molar-refractivity contribution >= 4 is 21.8 Å². The lowest BCUT2D eigenvalue weighted by molar-refractivity contribution is 0.264. The van der Waals surface area contributed by atoms with Gasteiger partial charge in [-0.25, -0.2) is 0 Å². The molecule has 0 saturated heterocycles. The van der Waals surface area contributed by atoms with Gasteiger partial charge in [0, 0.05) is 4.47 Å². The molecule has 0 spiro atoms. The van der Waals surface area contributed by atoms with Crippen molar-refractivity contribution in [1.82, 2.24) is 4.98 Å². The summed E-state index contributed by atoms with van der Waals surface area (Å²) in [6.07, 6.45) is 0. The van der Waals surface area contributed by atoms with E-state index in [1.54, 1.807) is 0 Å². The molecule has 0 bridgehead atoms. The summed E-state index contributed by atoms with van der Waals surface area (Å²) in [7, 11) is 0. The highest BCUT2D eigenvalue weighted by molar-refractivity contribution is 9.10. The van der Waals surface area contributed by atoms with Crippen LogP contribution in [0.25, 0.3) is 0 Å². The van der Waals surface area contributed by atoms with Gasteiger partial charge in [-0.2, -0.15) is 10.2 Å². The molecular formula is C19H16BrN3O2. The van der Waals surface area contributed by atoms with Crippen LogP contribution in [0.15, 0.2) is 63.5 Å². The zero-order valence-electron chi connectivity index (χ0n) is 13.6. The number of nitriles is 1. The summed E-state index contributed by atoms with van der Waals surface area (Å²) in [5.74, 6) is 1.41. The second-order valence-corrected chi connectivity index (χ2v) is 6.33. The molecule has 0 fully saturated rings. The lowest BCUT2D eigenvalue weighted by Crippen LogP contribution is -2.06. The van der Waals surface area contributed by atoms with Gasteiger partial charge in [0.05, 0.1) is 6.04 Å². The van der Waals surface area contributed by atoms with Crippen molar-refractivity contribution in [1.29, 1.82) is 5.26 Å². The topological polar surface area (TPSA) is 71.1 Å². The molecule has 6 heteroatoms. The van der Waals surface area contributed by atoms with Crippen LogP contribution in [-0.2, 0) is 6.61 Å². The SMILES string of the molecule is C[C@@H](Nc1oc(COc2ccc(Br)cc2)nc1C#N)c1ccccc1. The molecule has 0 saturated carbocycles. The Hall–Kier alpha value is -2.78. The smallest absolute Gasteiger partial charge is 0.236 e. The summed E-state index contributed by atoms with van der Waals surface area (Å²) in [6.45, 7) is 2.15. The fourth-order valence-electron chi connectivity index (χ4n) is 2.30. The van der Waals surface area contributed by atoms with Crippen molar-refractivity contribution in [3.05, 3.63) is 76.2 Å². The summed E-state index contributed by atoms with van der Waals surface area (Å²) in [6, 6.07) is 19.4. The quantitative estimate of drug-likeness (QED) is 0.629. The van der Waals surface area contributed by atoms with Gasteiger partial charge in [-0.3, -0.25) is 0 Å². The molecule has 0 aliphatic heterocycles. The molecule has 126 valence electrons. The van der Waals surface area contributed by atoms with E-state index in [0.29, 0.717) is 17.5 Å². The highest BCUT2D eigenvalue weighted by Crippen LogP contribution is 2.24. The number of nitrogens with zero attached hydrogens (tertiary/aromatic N) is 2. The third-order valence-electron chi connectivity index (χ3n) is 3.60. The van der Waals surface area contributed by atoms with Crippen LogP contribution >= 0.6 is 15.9 Å². The van der Waals surface area contributed by atoms with Crippen LogP contribution in [-0.4, -0.2) is 4.98 Å². The first-order valence-electron chi connectivity index (χ1n) is 7.75. The lowest BCUT2D eigenvalue weighted by atomic mass is 10.1. The van der Waals surface area contributed by atoms with Gasteiger partial charge in [0.2, 0.25) is 17.5 Å². The number of hydrogen-bond donors (Lipinski definition) is 1. The molecule has 0 aliphatic rings. The van der Waals surface area contributed by atoms with E-state index in [0.717, 1.165) is 10.0 Å². The van der Waals surface area contributed by atoms with Crippen molar-refractivity contribution in [3.8, 4) is 11.8 Å². The molecular weight excluding hydrogens is 382 g/mol. The van der Waals surface area contributed by atoms with E-state index in [4.69, 9.17) is 9.15 Å². The molecule has 2 aromatic carbocycles. The van der Waals surface area contributed by atoms with Crippen LogP contribution in [0, 0.1) is 11.3 Å². The molecule has 0 radical (unpaired) electrons. The third-order valence-corrected chi connectivity index (χ3v) is 4.13. The number of benzene rings is 2. The van der Waals surface area contributed by atoms with Crippen LogP contribution in [0.3, 0.4) is 0 Å². The second-order valence-electron chi connectivity index (χ2n) is 5.42. The van der Waals surface area contributed by atoms with Crippen molar-refractivity contribution in [2.45, 2.75) is 19.6 Å². The number of halogens is 1. The fourth-order valence-corrected chi connectivity index (χ4v) is 2.56. The van der Waals surface area contributed by atoms with E-state index in [1.165, 1.54) is 0 Å². The van der Waals surface area contributed by atoms with E-state index in [-0.39, 0.29) is 18.3 Å². The van der Waals surface area contributed by atoms with Crippen LogP contribution in [0.1, 0.15) is 30.1 Å². The van der Waals surface area contributed by atoms with E-state index < -0.39 is 0 Å². The zero-order valence-corrected chi connectivity index (χ0v) is 15.2. The first-order chi connectivity index (χ1) is 12.2. The third kappa shape index (κ3) is 4.40. The molecule has 0 unspecified atom stereocenters. The maximum absolute atomic E-state index is 9.27. The molecule has 1 aromatic heterocycles. The largest absolute Gasteiger partial charge is 0.484 e. The Morgan fingerprint density at radius 2 is 1.92 bits per heavy atom. The predicted molar refractivity (Wildman–Crippen MR) is 98.2 cm³/mol. The molecule has 1 heterocycles. The summed E-state index contributed by atoms with van der Waals surface area (Å²) in [5.41, 5.74) is 1.31. The molecule has 1 atom stereocenters. The summed E-state index contributed by atoms with van der Waals surface area (Å²) < 4.78 is 12.3. The van der Waals surface area contributed by atoms with E-state index in [9.17, 15) is 5.26 Å². The molecule has 1 N–H and O–H groups in total. The minimum atomic E-state index is -0.0125. The molecule has 5 nitrogen and oxygen atoms in total. The molecule has 0 amide bonds. The molecule has 3 rings (SSSR count).